The van der Waals surface area contributed by atoms with Gasteiger partial charge < -0.3 is 10.4 Å². The summed E-state index contributed by atoms with van der Waals surface area (Å²) in [6.45, 7) is 0. The number of carboxylic acids is 1. The molecule has 0 aromatic heterocycles. The highest BCUT2D eigenvalue weighted by Crippen LogP contribution is 2.18. The number of nitriles is 1. The molecule has 2 N–H and O–H groups in total. The van der Waals surface area contributed by atoms with Crippen LogP contribution >= 0.6 is 11.6 Å². The zero-order valence-corrected chi connectivity index (χ0v) is 11.4. The molecule has 2 rings (SSSR count). The van der Waals surface area contributed by atoms with E-state index in [1.807, 2.05) is 6.07 Å². The number of amides is 1. The monoisotopic (exact) mass is 300 g/mol. The number of carbonyl (C=O) groups excluding carboxylic acids is 1. The predicted octanol–water partition coefficient (Wildman–Crippen LogP) is 3.16. The Labute approximate surface area is 125 Å². The van der Waals surface area contributed by atoms with Crippen LogP contribution < -0.4 is 5.32 Å². The van der Waals surface area contributed by atoms with Crippen LogP contribution in [-0.2, 0) is 0 Å². The first kappa shape index (κ1) is 14.6. The Balaban J connectivity index is 2.28. The molecule has 0 saturated carbocycles. The first-order chi connectivity index (χ1) is 10.0. The van der Waals surface area contributed by atoms with E-state index in [2.05, 4.69) is 5.32 Å². The molecule has 0 aliphatic heterocycles. The van der Waals surface area contributed by atoms with Crippen LogP contribution in [0.3, 0.4) is 0 Å². The molecule has 0 heterocycles. The first-order valence-electron chi connectivity index (χ1n) is 5.85. The molecule has 21 heavy (non-hydrogen) atoms. The van der Waals surface area contributed by atoms with Gasteiger partial charge in [0.05, 0.1) is 22.8 Å². The molecule has 0 aliphatic carbocycles. The maximum Gasteiger partial charge on any atom is 0.336 e. The van der Waals surface area contributed by atoms with Crippen LogP contribution in [0.1, 0.15) is 26.3 Å². The van der Waals surface area contributed by atoms with Crippen LogP contribution in [0.5, 0.6) is 0 Å². The number of carbonyl (C=O) groups is 2. The summed E-state index contributed by atoms with van der Waals surface area (Å²) in [4.78, 5) is 23.3. The minimum atomic E-state index is -1.23. The van der Waals surface area contributed by atoms with Crippen molar-refractivity contribution in [1.29, 1.82) is 5.26 Å². The number of halogens is 1. The number of nitrogens with zero attached hydrogens (tertiary/aromatic N) is 1. The summed E-state index contributed by atoms with van der Waals surface area (Å²) in [5, 5.41) is 20.6. The lowest BCUT2D eigenvalue weighted by Crippen LogP contribution is -2.16. The largest absolute Gasteiger partial charge is 0.478 e. The Morgan fingerprint density at radius 3 is 2.33 bits per heavy atom. The van der Waals surface area contributed by atoms with E-state index in [0.29, 0.717) is 11.3 Å². The molecular weight excluding hydrogens is 292 g/mol. The SMILES string of the molecule is N#Cc1ccc(NC(=O)c2ccc(Cl)cc2C(=O)O)cc1. The van der Waals surface area contributed by atoms with Crippen molar-refractivity contribution in [3.05, 3.63) is 64.2 Å². The summed E-state index contributed by atoms with van der Waals surface area (Å²) in [7, 11) is 0. The summed E-state index contributed by atoms with van der Waals surface area (Å²) >= 11 is 5.73. The Hall–Kier alpha value is -2.84. The van der Waals surface area contributed by atoms with E-state index in [-0.39, 0.29) is 16.1 Å². The van der Waals surface area contributed by atoms with Crippen molar-refractivity contribution in [3.63, 3.8) is 0 Å². The van der Waals surface area contributed by atoms with Crippen molar-refractivity contribution in [2.75, 3.05) is 5.32 Å². The molecule has 0 fully saturated rings. The van der Waals surface area contributed by atoms with Crippen LogP contribution in [0.15, 0.2) is 42.5 Å². The molecule has 2 aromatic carbocycles. The number of rotatable bonds is 3. The predicted molar refractivity (Wildman–Crippen MR) is 77.5 cm³/mol. The quantitative estimate of drug-likeness (QED) is 0.911. The molecule has 0 aliphatic rings. The van der Waals surface area contributed by atoms with Gasteiger partial charge in [-0.05, 0) is 42.5 Å². The Morgan fingerprint density at radius 1 is 1.10 bits per heavy atom. The van der Waals surface area contributed by atoms with E-state index in [9.17, 15) is 9.59 Å². The summed E-state index contributed by atoms with van der Waals surface area (Å²) in [6.07, 6.45) is 0. The molecule has 1 amide bonds. The smallest absolute Gasteiger partial charge is 0.336 e. The van der Waals surface area contributed by atoms with Crippen LogP contribution in [0, 0.1) is 11.3 Å². The summed E-state index contributed by atoms with van der Waals surface area (Å²) in [5.41, 5.74) is 0.765. The van der Waals surface area contributed by atoms with Crippen LogP contribution in [0.4, 0.5) is 5.69 Å². The molecule has 0 radical (unpaired) electrons. The lowest BCUT2D eigenvalue weighted by molar-refractivity contribution is 0.0692. The highest BCUT2D eigenvalue weighted by Gasteiger charge is 2.17. The first-order valence-corrected chi connectivity index (χ1v) is 6.23. The number of hydrogen-bond donors (Lipinski definition) is 2. The number of carboxylic acid groups (broad SMARTS) is 1. The van der Waals surface area contributed by atoms with Gasteiger partial charge in [-0.1, -0.05) is 11.6 Å². The minimum absolute atomic E-state index is 0.0104. The maximum absolute atomic E-state index is 12.1. The van der Waals surface area contributed by atoms with Gasteiger partial charge in [0.25, 0.3) is 5.91 Å². The second kappa shape index (κ2) is 6.07. The molecule has 0 saturated heterocycles. The van der Waals surface area contributed by atoms with Crippen molar-refractivity contribution in [3.8, 4) is 6.07 Å². The number of benzene rings is 2. The molecule has 0 atom stereocenters. The fourth-order valence-corrected chi connectivity index (χ4v) is 1.89. The minimum Gasteiger partial charge on any atom is -0.478 e. The van der Waals surface area contributed by atoms with Gasteiger partial charge >= 0.3 is 5.97 Å². The number of anilines is 1. The molecular formula is C15H9ClN2O3. The molecule has 2 aromatic rings. The molecule has 104 valence electrons. The van der Waals surface area contributed by atoms with Gasteiger partial charge in [0, 0.05) is 10.7 Å². The number of hydrogen-bond acceptors (Lipinski definition) is 3. The van der Waals surface area contributed by atoms with Crippen LogP contribution in [0.2, 0.25) is 5.02 Å². The fraction of sp³-hybridized carbons (Fsp3) is 0. The Morgan fingerprint density at radius 2 is 1.76 bits per heavy atom. The standard InChI is InChI=1S/C15H9ClN2O3/c16-10-3-6-12(13(7-10)15(20)21)14(19)18-11-4-1-9(8-17)2-5-11/h1-7H,(H,18,19)(H,20,21). The van der Waals surface area contributed by atoms with E-state index in [4.69, 9.17) is 22.0 Å². The summed E-state index contributed by atoms with van der Waals surface area (Å²) in [6, 6.07) is 12.2. The van der Waals surface area contributed by atoms with Gasteiger partial charge in [0.2, 0.25) is 0 Å². The Kier molecular flexibility index (Phi) is 4.21. The van der Waals surface area contributed by atoms with E-state index < -0.39 is 11.9 Å². The topological polar surface area (TPSA) is 90.2 Å². The maximum atomic E-state index is 12.1. The van der Waals surface area contributed by atoms with E-state index in [1.54, 1.807) is 24.3 Å². The second-order valence-corrected chi connectivity index (χ2v) is 4.57. The highest BCUT2D eigenvalue weighted by atomic mass is 35.5. The van der Waals surface area contributed by atoms with E-state index in [1.165, 1.54) is 18.2 Å². The third kappa shape index (κ3) is 3.38. The van der Waals surface area contributed by atoms with Crippen LogP contribution in [-0.4, -0.2) is 17.0 Å². The van der Waals surface area contributed by atoms with Crippen LogP contribution in [0.25, 0.3) is 0 Å². The lowest BCUT2D eigenvalue weighted by atomic mass is 10.1. The molecule has 6 heteroatoms. The second-order valence-electron chi connectivity index (χ2n) is 4.14. The van der Waals surface area contributed by atoms with Crippen molar-refractivity contribution in [1.82, 2.24) is 0 Å². The third-order valence-corrected chi connectivity index (χ3v) is 2.96. The van der Waals surface area contributed by atoms with E-state index in [0.717, 1.165) is 0 Å². The van der Waals surface area contributed by atoms with Gasteiger partial charge in [0.1, 0.15) is 0 Å². The summed E-state index contributed by atoms with van der Waals surface area (Å²) < 4.78 is 0. The normalized spacial score (nSPS) is 9.71. The van der Waals surface area contributed by atoms with Gasteiger partial charge in [-0.3, -0.25) is 4.79 Å². The van der Waals surface area contributed by atoms with Gasteiger partial charge in [0.15, 0.2) is 0 Å². The average Bonchev–Trinajstić information content (AvgIpc) is 2.47. The number of aromatic carboxylic acids is 1. The van der Waals surface area contributed by atoms with Gasteiger partial charge in [-0.2, -0.15) is 5.26 Å². The zero-order valence-electron chi connectivity index (χ0n) is 10.6. The summed E-state index contributed by atoms with van der Waals surface area (Å²) in [5.74, 6) is -1.80. The highest BCUT2D eigenvalue weighted by molar-refractivity contribution is 6.31. The van der Waals surface area contributed by atoms with E-state index >= 15 is 0 Å². The average molecular weight is 301 g/mol. The third-order valence-electron chi connectivity index (χ3n) is 2.73. The molecule has 5 nitrogen and oxygen atoms in total. The zero-order chi connectivity index (χ0) is 15.4. The van der Waals surface area contributed by atoms with Crippen molar-refractivity contribution < 1.29 is 14.7 Å². The van der Waals surface area contributed by atoms with Crippen molar-refractivity contribution in [2.45, 2.75) is 0 Å². The fourth-order valence-electron chi connectivity index (χ4n) is 1.72. The van der Waals surface area contributed by atoms with Crippen molar-refractivity contribution >= 4 is 29.2 Å². The molecule has 0 unspecified atom stereocenters. The van der Waals surface area contributed by atoms with Crippen molar-refractivity contribution in [2.24, 2.45) is 0 Å². The molecule has 0 bridgehead atoms. The lowest BCUT2D eigenvalue weighted by Gasteiger charge is -2.08. The molecule has 0 spiro atoms. The van der Waals surface area contributed by atoms with Gasteiger partial charge in [-0.25, -0.2) is 4.79 Å². The number of nitrogens with one attached hydrogen (secondary N) is 1. The van der Waals surface area contributed by atoms with Gasteiger partial charge in [-0.15, -0.1) is 0 Å². The Bertz CT molecular complexity index is 749.